The summed E-state index contributed by atoms with van der Waals surface area (Å²) >= 11 is 6.24. The van der Waals surface area contributed by atoms with Gasteiger partial charge in [-0.2, -0.15) is 13.2 Å². The molecule has 4 N–H and O–H groups in total. The van der Waals surface area contributed by atoms with Crippen LogP contribution in [0, 0.1) is 5.41 Å². The first-order valence-corrected chi connectivity index (χ1v) is 11.0. The Morgan fingerprint density at radius 1 is 1.12 bits per heavy atom. The lowest BCUT2D eigenvalue weighted by Crippen LogP contribution is -2.48. The van der Waals surface area contributed by atoms with Gasteiger partial charge in [-0.3, -0.25) is 9.59 Å². The fraction of sp³-hybridized carbons (Fsp3) is 0.591. The van der Waals surface area contributed by atoms with Crippen molar-refractivity contribution >= 4 is 35.1 Å². The van der Waals surface area contributed by atoms with Gasteiger partial charge in [0.2, 0.25) is 5.91 Å². The fourth-order valence-corrected chi connectivity index (χ4v) is 4.11. The molecule has 2 aliphatic heterocycles. The third kappa shape index (κ3) is 8.85. The van der Waals surface area contributed by atoms with Crippen molar-refractivity contribution in [2.24, 2.45) is 5.41 Å². The third-order valence-electron chi connectivity index (χ3n) is 5.24. The van der Waals surface area contributed by atoms with Crippen molar-refractivity contribution < 1.29 is 32.7 Å². The normalized spacial score (nSPS) is 22.1. The van der Waals surface area contributed by atoms with E-state index in [9.17, 15) is 22.8 Å². The lowest BCUT2D eigenvalue weighted by atomic mass is 9.92. The molecular weight excluding hydrogens is 463 g/mol. The number of piperidine rings is 1. The number of carboxylic acid groups (broad SMARTS) is 1. The van der Waals surface area contributed by atoms with Gasteiger partial charge < -0.3 is 21.1 Å². The highest BCUT2D eigenvalue weighted by Crippen LogP contribution is 2.28. The summed E-state index contributed by atoms with van der Waals surface area (Å²) < 4.78 is 31.7. The molecule has 3 rings (SSSR count). The molecule has 0 aromatic heterocycles. The number of halogens is 4. The van der Waals surface area contributed by atoms with Crippen molar-refractivity contribution in [2.75, 3.05) is 5.32 Å². The highest BCUT2D eigenvalue weighted by molar-refractivity contribution is 6.34. The second-order valence-electron chi connectivity index (χ2n) is 9.56. The first kappa shape index (κ1) is 26.9. The van der Waals surface area contributed by atoms with Crippen LogP contribution >= 0.6 is 11.6 Å². The summed E-state index contributed by atoms with van der Waals surface area (Å²) in [5, 5.41) is 17.1. The van der Waals surface area contributed by atoms with Crippen molar-refractivity contribution in [3.63, 3.8) is 0 Å². The van der Waals surface area contributed by atoms with Crippen molar-refractivity contribution in [1.82, 2.24) is 10.6 Å². The topological polar surface area (TPSA) is 108 Å². The summed E-state index contributed by atoms with van der Waals surface area (Å²) in [6, 6.07) is 6.25. The molecule has 0 radical (unpaired) electrons. The molecule has 2 bridgehead atoms. The number of rotatable bonds is 4. The van der Waals surface area contributed by atoms with Crippen molar-refractivity contribution in [1.29, 1.82) is 0 Å². The maximum atomic E-state index is 12.7. The summed E-state index contributed by atoms with van der Waals surface area (Å²) in [7, 11) is 0. The first-order valence-electron chi connectivity index (χ1n) is 10.6. The molecule has 1 unspecified atom stereocenters. The number of carbonyl (C=O) groups excluding carboxylic acids is 2. The van der Waals surface area contributed by atoms with E-state index in [1.807, 2.05) is 20.8 Å². The van der Waals surface area contributed by atoms with Gasteiger partial charge in [-0.15, -0.1) is 0 Å². The standard InChI is InChI=1S/C20H28ClN3O2.C2HF3O2/c1-20(2,3)11-18(25)23-14-6-7-17(21)16(10-14)19(26)24-15-8-12-4-5-13(9-15)22-12;3-2(4,5)1(6)7/h6-7,10,12-13,15,22H,4-5,8-9,11H2,1-3H3,(H,23,25)(H,24,26);(H,6,7)/t12-,13+,15?;. The van der Waals surface area contributed by atoms with Crippen LogP contribution in [0.25, 0.3) is 0 Å². The molecule has 2 saturated heterocycles. The van der Waals surface area contributed by atoms with Gasteiger partial charge >= 0.3 is 12.1 Å². The molecule has 2 fully saturated rings. The van der Waals surface area contributed by atoms with E-state index in [4.69, 9.17) is 21.5 Å². The molecule has 184 valence electrons. The number of fused-ring (bicyclic) bond motifs is 2. The quantitative estimate of drug-likeness (QED) is 0.500. The Balaban J connectivity index is 0.000000479. The number of carbonyl (C=O) groups is 3. The maximum absolute atomic E-state index is 12.7. The summed E-state index contributed by atoms with van der Waals surface area (Å²) in [5.74, 6) is -3.00. The molecule has 11 heteroatoms. The Morgan fingerprint density at radius 3 is 2.15 bits per heavy atom. The Morgan fingerprint density at radius 2 is 1.67 bits per heavy atom. The SMILES string of the molecule is CC(C)(C)CC(=O)Nc1ccc(Cl)c(C(=O)NC2C[C@H]3CC[C@@H](C2)N3)c1.O=C(O)C(F)(F)F. The van der Waals surface area contributed by atoms with E-state index in [2.05, 4.69) is 16.0 Å². The van der Waals surface area contributed by atoms with Gasteiger partial charge in [-0.25, -0.2) is 4.79 Å². The second-order valence-corrected chi connectivity index (χ2v) is 9.97. The minimum absolute atomic E-state index is 0.0684. The molecule has 0 spiro atoms. The Hall–Kier alpha value is -2.33. The Labute approximate surface area is 195 Å². The van der Waals surface area contributed by atoms with Gasteiger partial charge in [0.1, 0.15) is 0 Å². The molecule has 1 aromatic carbocycles. The number of alkyl halides is 3. The minimum Gasteiger partial charge on any atom is -0.475 e. The average Bonchev–Trinajstić information content (AvgIpc) is 2.99. The molecule has 7 nitrogen and oxygen atoms in total. The monoisotopic (exact) mass is 491 g/mol. The molecule has 2 heterocycles. The lowest BCUT2D eigenvalue weighted by molar-refractivity contribution is -0.192. The van der Waals surface area contributed by atoms with E-state index in [1.165, 1.54) is 12.8 Å². The van der Waals surface area contributed by atoms with Crippen LogP contribution in [0.5, 0.6) is 0 Å². The number of amides is 2. The lowest BCUT2D eigenvalue weighted by Gasteiger charge is -2.29. The van der Waals surface area contributed by atoms with E-state index >= 15 is 0 Å². The Bertz CT molecular complexity index is 875. The van der Waals surface area contributed by atoms with Crippen LogP contribution in [0.15, 0.2) is 18.2 Å². The molecule has 2 amide bonds. The van der Waals surface area contributed by atoms with E-state index in [0.717, 1.165) is 12.8 Å². The van der Waals surface area contributed by atoms with Crippen LogP contribution < -0.4 is 16.0 Å². The number of hydrogen-bond donors (Lipinski definition) is 4. The summed E-state index contributed by atoms with van der Waals surface area (Å²) in [6.07, 6.45) is -0.376. The van der Waals surface area contributed by atoms with Crippen LogP contribution in [0.2, 0.25) is 5.02 Å². The van der Waals surface area contributed by atoms with Crippen LogP contribution in [0.3, 0.4) is 0 Å². The van der Waals surface area contributed by atoms with E-state index in [0.29, 0.717) is 34.8 Å². The van der Waals surface area contributed by atoms with Crippen LogP contribution in [0.4, 0.5) is 18.9 Å². The van der Waals surface area contributed by atoms with E-state index < -0.39 is 12.1 Å². The van der Waals surface area contributed by atoms with Gasteiger partial charge in [0.05, 0.1) is 10.6 Å². The molecule has 2 aliphatic rings. The number of anilines is 1. The summed E-state index contributed by atoms with van der Waals surface area (Å²) in [4.78, 5) is 33.7. The summed E-state index contributed by atoms with van der Waals surface area (Å²) in [6.45, 7) is 6.04. The molecule has 0 aliphatic carbocycles. The number of nitrogens with one attached hydrogen (secondary N) is 3. The van der Waals surface area contributed by atoms with E-state index in [1.54, 1.807) is 18.2 Å². The maximum Gasteiger partial charge on any atom is 0.490 e. The Kier molecular flexibility index (Phi) is 8.75. The van der Waals surface area contributed by atoms with Crippen LogP contribution in [0.1, 0.15) is 63.2 Å². The zero-order valence-electron chi connectivity index (χ0n) is 18.7. The number of aliphatic carboxylic acids is 1. The fourth-order valence-electron chi connectivity index (χ4n) is 3.90. The number of benzene rings is 1. The molecule has 0 saturated carbocycles. The molecule has 1 aromatic rings. The largest absolute Gasteiger partial charge is 0.490 e. The van der Waals surface area contributed by atoms with E-state index in [-0.39, 0.29) is 23.3 Å². The predicted octanol–water partition coefficient (Wildman–Crippen LogP) is 4.36. The van der Waals surface area contributed by atoms with Crippen LogP contribution in [-0.2, 0) is 9.59 Å². The van der Waals surface area contributed by atoms with Crippen molar-refractivity contribution in [3.05, 3.63) is 28.8 Å². The van der Waals surface area contributed by atoms with Gasteiger partial charge in [0.25, 0.3) is 5.91 Å². The zero-order valence-corrected chi connectivity index (χ0v) is 19.4. The van der Waals surface area contributed by atoms with Crippen LogP contribution in [-0.4, -0.2) is 47.2 Å². The number of carboxylic acids is 1. The predicted molar refractivity (Wildman–Crippen MR) is 118 cm³/mol. The number of hydrogen-bond acceptors (Lipinski definition) is 4. The highest BCUT2D eigenvalue weighted by atomic mass is 35.5. The zero-order chi connectivity index (χ0) is 25.0. The average molecular weight is 492 g/mol. The third-order valence-corrected chi connectivity index (χ3v) is 5.57. The smallest absolute Gasteiger partial charge is 0.475 e. The molecule has 33 heavy (non-hydrogen) atoms. The van der Waals surface area contributed by atoms with Gasteiger partial charge in [0.15, 0.2) is 0 Å². The van der Waals surface area contributed by atoms with Gasteiger partial charge in [0, 0.05) is 30.2 Å². The highest BCUT2D eigenvalue weighted by Gasteiger charge is 2.38. The molecule has 3 atom stereocenters. The van der Waals surface area contributed by atoms with Gasteiger partial charge in [-0.1, -0.05) is 32.4 Å². The summed E-state index contributed by atoms with van der Waals surface area (Å²) in [5.41, 5.74) is 0.913. The minimum atomic E-state index is -5.08. The van der Waals surface area contributed by atoms with Crippen molar-refractivity contribution in [2.45, 2.75) is 77.2 Å². The first-order chi connectivity index (χ1) is 15.1. The second kappa shape index (κ2) is 10.7. The van der Waals surface area contributed by atoms with Gasteiger partial charge in [-0.05, 0) is 49.3 Å². The van der Waals surface area contributed by atoms with Crippen molar-refractivity contribution in [3.8, 4) is 0 Å². The molecular formula is C22H29ClF3N3O4.